The zero-order valence-electron chi connectivity index (χ0n) is 12.5. The van der Waals surface area contributed by atoms with Crippen molar-refractivity contribution in [2.75, 3.05) is 11.9 Å². The Morgan fingerprint density at radius 2 is 2.00 bits per heavy atom. The lowest BCUT2D eigenvalue weighted by Gasteiger charge is -2.23. The number of nitrogens with zero attached hydrogens (tertiary/aromatic N) is 2. The van der Waals surface area contributed by atoms with Crippen LogP contribution in [0.25, 0.3) is 5.57 Å². The van der Waals surface area contributed by atoms with Gasteiger partial charge in [0.25, 0.3) is 11.8 Å². The van der Waals surface area contributed by atoms with Gasteiger partial charge in [-0.25, -0.2) is 0 Å². The number of hydrogen-bond donors (Lipinski definition) is 0. The molecule has 1 aromatic carbocycles. The summed E-state index contributed by atoms with van der Waals surface area (Å²) in [7, 11) is 1.62. The molecule has 0 aliphatic carbocycles. The van der Waals surface area contributed by atoms with Gasteiger partial charge in [-0.15, -0.1) is 0 Å². The molecule has 2 amide bonds. The second kappa shape index (κ2) is 5.98. The number of fused-ring (bicyclic) bond motifs is 1. The summed E-state index contributed by atoms with van der Waals surface area (Å²) in [5, 5.41) is 11.1. The second-order valence-corrected chi connectivity index (χ2v) is 7.83. The molecule has 2 aliphatic rings. The van der Waals surface area contributed by atoms with Crippen molar-refractivity contribution in [3.63, 3.8) is 0 Å². The third kappa shape index (κ3) is 2.47. The van der Waals surface area contributed by atoms with Gasteiger partial charge < -0.3 is 14.8 Å². The number of carbonyl (C=O) groups excluding carboxylic acids is 3. The summed E-state index contributed by atoms with van der Waals surface area (Å²) in [5.41, 5.74) is 1.52. The fourth-order valence-electron chi connectivity index (χ4n) is 2.58. The maximum atomic E-state index is 12.7. The summed E-state index contributed by atoms with van der Waals surface area (Å²) in [6, 6.07) is 4.12. The summed E-state index contributed by atoms with van der Waals surface area (Å²) in [5.74, 6) is -2.33. The summed E-state index contributed by atoms with van der Waals surface area (Å²) < 4.78 is 0.860. The van der Waals surface area contributed by atoms with Gasteiger partial charge in [0, 0.05) is 17.1 Å². The Hall–Kier alpha value is -1.71. The van der Waals surface area contributed by atoms with Gasteiger partial charge >= 0.3 is 0 Å². The standard InChI is InChI=1S/C15H11BrN2O4S2/c1-6(14(21)22)18-13(20)11(24-15(18)23)10-8-5-7(16)3-4-9(8)17(2)12(10)19/h3-6H,1-2H3,(H,21,22)/p-1/b11-10-/t6-/m0/s1. The van der Waals surface area contributed by atoms with Crippen molar-refractivity contribution >= 4 is 73.3 Å². The number of carboxylic acids is 1. The minimum absolute atomic E-state index is 0.0955. The molecule has 2 heterocycles. The predicted octanol–water partition coefficient (Wildman–Crippen LogP) is 1.14. The summed E-state index contributed by atoms with van der Waals surface area (Å²) in [6.07, 6.45) is 0. The Morgan fingerprint density at radius 3 is 2.62 bits per heavy atom. The zero-order valence-corrected chi connectivity index (χ0v) is 15.8. The van der Waals surface area contributed by atoms with Crippen LogP contribution in [0.4, 0.5) is 5.69 Å². The number of likely N-dealkylation sites (N-methyl/N-ethyl adjacent to an activating group) is 1. The fourth-order valence-corrected chi connectivity index (χ4v) is 4.43. The lowest BCUT2D eigenvalue weighted by molar-refractivity contribution is -0.309. The first-order valence-electron chi connectivity index (χ1n) is 6.82. The molecule has 1 atom stereocenters. The van der Waals surface area contributed by atoms with E-state index in [4.69, 9.17) is 12.2 Å². The molecule has 1 saturated heterocycles. The van der Waals surface area contributed by atoms with E-state index in [1.807, 2.05) is 0 Å². The summed E-state index contributed by atoms with van der Waals surface area (Å²) in [6.45, 7) is 1.32. The molecule has 124 valence electrons. The van der Waals surface area contributed by atoms with Crippen LogP contribution in [0.3, 0.4) is 0 Å². The number of thioether (sulfide) groups is 1. The molecule has 0 bridgehead atoms. The lowest BCUT2D eigenvalue weighted by Crippen LogP contribution is -2.48. The van der Waals surface area contributed by atoms with Crippen LogP contribution in [-0.4, -0.2) is 40.1 Å². The Balaban J connectivity index is 2.16. The van der Waals surface area contributed by atoms with Gasteiger partial charge in [-0.2, -0.15) is 0 Å². The molecule has 2 aliphatic heterocycles. The number of halogens is 1. The summed E-state index contributed by atoms with van der Waals surface area (Å²) in [4.78, 5) is 39.0. The topological polar surface area (TPSA) is 80.7 Å². The number of hydrogen-bond acceptors (Lipinski definition) is 6. The van der Waals surface area contributed by atoms with Crippen molar-refractivity contribution in [2.24, 2.45) is 0 Å². The van der Waals surface area contributed by atoms with E-state index in [2.05, 4.69) is 15.9 Å². The van der Waals surface area contributed by atoms with Crippen LogP contribution in [-0.2, 0) is 14.4 Å². The first kappa shape index (κ1) is 17.1. The Morgan fingerprint density at radius 1 is 1.33 bits per heavy atom. The SMILES string of the molecule is C[C@@H](C(=O)[O-])N1C(=O)/C(=C2/C(=O)N(C)c3ccc(Br)cc32)SC1=S. The number of carbonyl (C=O) groups is 3. The molecular formula is C15H10BrN2O4S2-. The Kier molecular flexibility index (Phi) is 4.27. The monoisotopic (exact) mass is 425 g/mol. The van der Waals surface area contributed by atoms with E-state index in [1.165, 1.54) is 11.8 Å². The van der Waals surface area contributed by atoms with Crippen molar-refractivity contribution < 1.29 is 19.5 Å². The van der Waals surface area contributed by atoms with Crippen LogP contribution in [0.5, 0.6) is 0 Å². The van der Waals surface area contributed by atoms with E-state index >= 15 is 0 Å². The number of aliphatic carboxylic acids is 1. The van der Waals surface area contributed by atoms with E-state index in [-0.39, 0.29) is 20.7 Å². The van der Waals surface area contributed by atoms with Gasteiger partial charge in [0.1, 0.15) is 4.32 Å². The van der Waals surface area contributed by atoms with Crippen LogP contribution in [0, 0.1) is 0 Å². The van der Waals surface area contributed by atoms with Crippen LogP contribution in [0.15, 0.2) is 27.6 Å². The number of anilines is 1. The smallest absolute Gasteiger partial charge is 0.267 e. The molecule has 0 aromatic heterocycles. The van der Waals surface area contributed by atoms with Gasteiger partial charge in [-0.05, 0) is 25.1 Å². The highest BCUT2D eigenvalue weighted by molar-refractivity contribution is 9.10. The number of thiocarbonyl (C=S) groups is 1. The number of benzene rings is 1. The minimum Gasteiger partial charge on any atom is -0.548 e. The van der Waals surface area contributed by atoms with Crippen LogP contribution in [0.1, 0.15) is 12.5 Å². The highest BCUT2D eigenvalue weighted by atomic mass is 79.9. The molecule has 24 heavy (non-hydrogen) atoms. The molecule has 0 radical (unpaired) electrons. The molecule has 1 aromatic rings. The van der Waals surface area contributed by atoms with E-state index in [1.54, 1.807) is 25.2 Å². The average Bonchev–Trinajstić information content (AvgIpc) is 2.93. The largest absolute Gasteiger partial charge is 0.548 e. The molecule has 0 spiro atoms. The lowest BCUT2D eigenvalue weighted by atomic mass is 10.1. The molecule has 1 fully saturated rings. The van der Waals surface area contributed by atoms with E-state index in [0.29, 0.717) is 11.3 Å². The van der Waals surface area contributed by atoms with Gasteiger partial charge in [0.2, 0.25) is 0 Å². The predicted molar refractivity (Wildman–Crippen MR) is 96.0 cm³/mol. The summed E-state index contributed by atoms with van der Waals surface area (Å²) >= 11 is 9.42. The fraction of sp³-hybridized carbons (Fsp3) is 0.200. The number of carboxylic acid groups (broad SMARTS) is 1. The molecule has 9 heteroatoms. The van der Waals surface area contributed by atoms with Crippen molar-refractivity contribution in [2.45, 2.75) is 13.0 Å². The van der Waals surface area contributed by atoms with Crippen molar-refractivity contribution in [1.29, 1.82) is 0 Å². The Bertz CT molecular complexity index is 852. The maximum Gasteiger partial charge on any atom is 0.267 e. The van der Waals surface area contributed by atoms with Crippen molar-refractivity contribution in [3.8, 4) is 0 Å². The highest BCUT2D eigenvalue weighted by Crippen LogP contribution is 2.45. The van der Waals surface area contributed by atoms with Crippen molar-refractivity contribution in [3.05, 3.63) is 33.1 Å². The molecule has 6 nitrogen and oxygen atoms in total. The third-order valence-electron chi connectivity index (χ3n) is 3.86. The molecular weight excluding hydrogens is 416 g/mol. The van der Waals surface area contributed by atoms with Crippen LogP contribution >= 0.6 is 39.9 Å². The van der Waals surface area contributed by atoms with Crippen molar-refractivity contribution in [1.82, 2.24) is 4.90 Å². The van der Waals surface area contributed by atoms with Gasteiger partial charge in [0.05, 0.1) is 28.2 Å². The first-order valence-corrected chi connectivity index (χ1v) is 8.84. The number of amides is 2. The van der Waals surface area contributed by atoms with Gasteiger partial charge in [0.15, 0.2) is 0 Å². The van der Waals surface area contributed by atoms with Gasteiger partial charge in [-0.1, -0.05) is 39.9 Å². The van der Waals surface area contributed by atoms with Crippen LogP contribution < -0.4 is 10.0 Å². The maximum absolute atomic E-state index is 12.7. The highest BCUT2D eigenvalue weighted by Gasteiger charge is 2.42. The van der Waals surface area contributed by atoms with Gasteiger partial charge in [-0.3, -0.25) is 14.5 Å². The average molecular weight is 426 g/mol. The molecule has 0 saturated carbocycles. The molecule has 0 N–H and O–H groups in total. The van der Waals surface area contributed by atoms with Crippen LogP contribution in [0.2, 0.25) is 0 Å². The Labute approximate surface area is 155 Å². The quantitative estimate of drug-likeness (QED) is 0.521. The minimum atomic E-state index is -1.41. The second-order valence-electron chi connectivity index (χ2n) is 5.27. The van der Waals surface area contributed by atoms with E-state index < -0.39 is 17.9 Å². The third-order valence-corrected chi connectivity index (χ3v) is 5.76. The number of rotatable bonds is 2. The molecule has 3 rings (SSSR count). The first-order chi connectivity index (χ1) is 11.2. The normalized spacial score (nSPS) is 21.5. The van der Waals surface area contributed by atoms with E-state index in [9.17, 15) is 19.5 Å². The molecule has 0 unspecified atom stereocenters. The van der Waals surface area contributed by atoms with E-state index in [0.717, 1.165) is 21.1 Å². The zero-order chi connectivity index (χ0) is 17.8.